The third-order valence-corrected chi connectivity index (χ3v) is 1.81. The maximum absolute atomic E-state index is 5.70. The Kier molecular flexibility index (Phi) is 5.50. The van der Waals surface area contributed by atoms with Crippen LogP contribution in [0.4, 0.5) is 11.5 Å². The number of rotatable bonds is 7. The standard InChI is InChI=1S/C10H17N3O2/c1-14-7-8-15-6-5-13-10-9(11)3-2-4-12-10/h2-4H,5-8,11H2,1H3,(H,12,13). The number of nitrogens with zero attached hydrogens (tertiary/aromatic N) is 1. The molecule has 0 aromatic carbocycles. The number of nitrogens with two attached hydrogens (primary N) is 1. The highest BCUT2D eigenvalue weighted by Gasteiger charge is 1.96. The van der Waals surface area contributed by atoms with E-state index in [0.29, 0.717) is 37.9 Å². The van der Waals surface area contributed by atoms with Crippen LogP contribution in [-0.4, -0.2) is 38.5 Å². The molecule has 1 heterocycles. The molecule has 84 valence electrons. The molecule has 0 atom stereocenters. The van der Waals surface area contributed by atoms with Crippen molar-refractivity contribution in [3.8, 4) is 0 Å². The molecule has 0 saturated heterocycles. The molecule has 0 aliphatic heterocycles. The fourth-order valence-electron chi connectivity index (χ4n) is 1.05. The Morgan fingerprint density at radius 1 is 1.40 bits per heavy atom. The molecule has 1 aromatic heterocycles. The lowest BCUT2D eigenvalue weighted by Crippen LogP contribution is -2.13. The van der Waals surface area contributed by atoms with Crippen molar-refractivity contribution in [2.45, 2.75) is 0 Å². The molecule has 1 aromatic rings. The van der Waals surface area contributed by atoms with Crippen molar-refractivity contribution in [1.29, 1.82) is 0 Å². The van der Waals surface area contributed by atoms with Crippen LogP contribution in [0.1, 0.15) is 0 Å². The molecule has 5 nitrogen and oxygen atoms in total. The molecule has 0 spiro atoms. The van der Waals surface area contributed by atoms with Crippen LogP contribution in [-0.2, 0) is 9.47 Å². The van der Waals surface area contributed by atoms with Gasteiger partial charge in [-0.1, -0.05) is 0 Å². The Balaban J connectivity index is 2.12. The highest BCUT2D eigenvalue weighted by Crippen LogP contribution is 2.11. The van der Waals surface area contributed by atoms with Crippen molar-refractivity contribution in [1.82, 2.24) is 4.98 Å². The largest absolute Gasteiger partial charge is 0.396 e. The highest BCUT2D eigenvalue weighted by molar-refractivity contribution is 5.60. The number of methoxy groups -OCH3 is 1. The van der Waals surface area contributed by atoms with Crippen molar-refractivity contribution < 1.29 is 9.47 Å². The van der Waals surface area contributed by atoms with Gasteiger partial charge in [0.2, 0.25) is 0 Å². The van der Waals surface area contributed by atoms with E-state index in [2.05, 4.69) is 10.3 Å². The summed E-state index contributed by atoms with van der Waals surface area (Å²) >= 11 is 0. The minimum absolute atomic E-state index is 0.607. The zero-order valence-electron chi connectivity index (χ0n) is 8.90. The number of nitrogen functional groups attached to an aromatic ring is 1. The van der Waals surface area contributed by atoms with Gasteiger partial charge in [0.25, 0.3) is 0 Å². The molecule has 5 heteroatoms. The average molecular weight is 211 g/mol. The molecule has 0 fully saturated rings. The minimum atomic E-state index is 0.607. The maximum Gasteiger partial charge on any atom is 0.149 e. The topological polar surface area (TPSA) is 69.4 Å². The molecule has 0 aliphatic rings. The Morgan fingerprint density at radius 2 is 2.27 bits per heavy atom. The third kappa shape index (κ3) is 4.62. The summed E-state index contributed by atoms with van der Waals surface area (Å²) in [5.74, 6) is 0.702. The summed E-state index contributed by atoms with van der Waals surface area (Å²) in [5, 5.41) is 3.09. The molecule has 1 rings (SSSR count). The Bertz CT molecular complexity index is 281. The lowest BCUT2D eigenvalue weighted by Gasteiger charge is -2.07. The molecule has 0 aliphatic carbocycles. The molecular formula is C10H17N3O2. The fraction of sp³-hybridized carbons (Fsp3) is 0.500. The van der Waals surface area contributed by atoms with Gasteiger partial charge in [0.05, 0.1) is 25.5 Å². The van der Waals surface area contributed by atoms with Crippen molar-refractivity contribution in [3.63, 3.8) is 0 Å². The first-order chi connectivity index (χ1) is 7.34. The number of aromatic nitrogens is 1. The lowest BCUT2D eigenvalue weighted by molar-refractivity contribution is 0.0759. The maximum atomic E-state index is 5.70. The summed E-state index contributed by atoms with van der Waals surface area (Å²) < 4.78 is 10.1. The SMILES string of the molecule is COCCOCCNc1ncccc1N. The summed E-state index contributed by atoms with van der Waals surface area (Å²) in [6.45, 7) is 2.52. The second-order valence-corrected chi connectivity index (χ2v) is 2.97. The number of ether oxygens (including phenoxy) is 2. The summed E-state index contributed by atoms with van der Waals surface area (Å²) in [6.07, 6.45) is 1.70. The van der Waals surface area contributed by atoms with E-state index in [1.807, 2.05) is 0 Å². The second kappa shape index (κ2) is 7.03. The zero-order valence-corrected chi connectivity index (χ0v) is 8.90. The molecular weight excluding hydrogens is 194 g/mol. The van der Waals surface area contributed by atoms with Crippen LogP contribution in [0.5, 0.6) is 0 Å². The van der Waals surface area contributed by atoms with E-state index in [4.69, 9.17) is 15.2 Å². The van der Waals surface area contributed by atoms with Crippen LogP contribution < -0.4 is 11.1 Å². The predicted octanol–water partition coefficient (Wildman–Crippen LogP) is 0.739. The van der Waals surface area contributed by atoms with Crippen LogP contribution in [0.3, 0.4) is 0 Å². The van der Waals surface area contributed by atoms with Gasteiger partial charge >= 0.3 is 0 Å². The molecule has 0 unspecified atom stereocenters. The van der Waals surface area contributed by atoms with Crippen molar-refractivity contribution in [2.75, 3.05) is 44.5 Å². The number of anilines is 2. The normalized spacial score (nSPS) is 10.2. The van der Waals surface area contributed by atoms with Gasteiger partial charge in [-0.15, -0.1) is 0 Å². The van der Waals surface area contributed by atoms with Gasteiger partial charge < -0.3 is 20.5 Å². The summed E-state index contributed by atoms with van der Waals surface area (Å²) in [5.41, 5.74) is 6.34. The van der Waals surface area contributed by atoms with Crippen LogP contribution in [0.15, 0.2) is 18.3 Å². The molecule has 0 bridgehead atoms. The molecule has 0 saturated carbocycles. The molecule has 15 heavy (non-hydrogen) atoms. The Morgan fingerprint density at radius 3 is 3.00 bits per heavy atom. The van der Waals surface area contributed by atoms with E-state index >= 15 is 0 Å². The van der Waals surface area contributed by atoms with E-state index in [1.54, 1.807) is 25.4 Å². The van der Waals surface area contributed by atoms with Gasteiger partial charge in [-0.2, -0.15) is 0 Å². The van der Waals surface area contributed by atoms with Gasteiger partial charge in [0.1, 0.15) is 5.82 Å². The monoisotopic (exact) mass is 211 g/mol. The van der Waals surface area contributed by atoms with E-state index in [-0.39, 0.29) is 0 Å². The van der Waals surface area contributed by atoms with E-state index < -0.39 is 0 Å². The number of hydrogen-bond acceptors (Lipinski definition) is 5. The van der Waals surface area contributed by atoms with Crippen LogP contribution in [0, 0.1) is 0 Å². The number of nitrogens with one attached hydrogen (secondary N) is 1. The number of hydrogen-bond donors (Lipinski definition) is 2. The minimum Gasteiger partial charge on any atom is -0.396 e. The van der Waals surface area contributed by atoms with Gasteiger partial charge in [0.15, 0.2) is 0 Å². The van der Waals surface area contributed by atoms with E-state index in [0.717, 1.165) is 0 Å². The van der Waals surface area contributed by atoms with Gasteiger partial charge in [-0.05, 0) is 12.1 Å². The van der Waals surface area contributed by atoms with Crippen LogP contribution in [0.25, 0.3) is 0 Å². The van der Waals surface area contributed by atoms with Crippen molar-refractivity contribution in [3.05, 3.63) is 18.3 Å². The predicted molar refractivity (Wildman–Crippen MR) is 59.8 cm³/mol. The van der Waals surface area contributed by atoms with Gasteiger partial charge in [-0.3, -0.25) is 0 Å². The fourth-order valence-corrected chi connectivity index (χ4v) is 1.05. The van der Waals surface area contributed by atoms with Crippen LogP contribution in [0.2, 0.25) is 0 Å². The summed E-state index contributed by atoms with van der Waals surface area (Å²) in [6, 6.07) is 3.61. The lowest BCUT2D eigenvalue weighted by atomic mass is 10.4. The average Bonchev–Trinajstić information content (AvgIpc) is 2.25. The Labute approximate surface area is 89.6 Å². The Hall–Kier alpha value is -1.33. The molecule has 0 amide bonds. The van der Waals surface area contributed by atoms with Crippen LogP contribution >= 0.6 is 0 Å². The third-order valence-electron chi connectivity index (χ3n) is 1.81. The summed E-state index contributed by atoms with van der Waals surface area (Å²) in [7, 11) is 1.65. The van der Waals surface area contributed by atoms with Gasteiger partial charge in [0, 0.05) is 19.9 Å². The zero-order chi connectivity index (χ0) is 10.9. The van der Waals surface area contributed by atoms with Gasteiger partial charge in [-0.25, -0.2) is 4.98 Å². The smallest absolute Gasteiger partial charge is 0.149 e. The summed E-state index contributed by atoms with van der Waals surface area (Å²) in [4.78, 5) is 4.10. The number of pyridine rings is 1. The quantitative estimate of drug-likeness (QED) is 0.651. The van der Waals surface area contributed by atoms with E-state index in [1.165, 1.54) is 0 Å². The van der Waals surface area contributed by atoms with E-state index in [9.17, 15) is 0 Å². The molecule has 0 radical (unpaired) electrons. The van der Waals surface area contributed by atoms with Crippen molar-refractivity contribution >= 4 is 11.5 Å². The van der Waals surface area contributed by atoms with Crippen molar-refractivity contribution in [2.24, 2.45) is 0 Å². The molecule has 3 N–H and O–H groups in total. The first-order valence-corrected chi connectivity index (χ1v) is 4.85. The first-order valence-electron chi connectivity index (χ1n) is 4.85. The first kappa shape index (κ1) is 11.7. The second-order valence-electron chi connectivity index (χ2n) is 2.97. The highest BCUT2D eigenvalue weighted by atomic mass is 16.5.